The minimum atomic E-state index is -4.38. The van der Waals surface area contributed by atoms with E-state index >= 15 is 0 Å². The summed E-state index contributed by atoms with van der Waals surface area (Å²) in [5.41, 5.74) is 5.85. The number of carbonyl (C=O) groups excluding carboxylic acids is 1. The molecule has 11 heteroatoms. The van der Waals surface area contributed by atoms with E-state index in [9.17, 15) is 18.0 Å². The van der Waals surface area contributed by atoms with Crippen LogP contribution in [0.4, 0.5) is 13.2 Å². The quantitative estimate of drug-likeness (QED) is 0.192. The van der Waals surface area contributed by atoms with E-state index in [1.807, 2.05) is 65.5 Å². The van der Waals surface area contributed by atoms with Gasteiger partial charge >= 0.3 is 6.18 Å². The molecule has 2 heterocycles. The van der Waals surface area contributed by atoms with E-state index in [1.165, 1.54) is 12.1 Å². The SMILES string of the molecule is CCN(CC)Cc1cn(-c2ccc(-n3nc(CCC(=O)NC)cc3-c3ccc(-c4ccc(C(F)(F)F)cc4)cc3)cc2)nn1. The maximum absolute atomic E-state index is 13.0. The van der Waals surface area contributed by atoms with E-state index in [1.54, 1.807) is 11.7 Å². The normalized spacial score (nSPS) is 11.7. The summed E-state index contributed by atoms with van der Waals surface area (Å²) in [5, 5.41) is 16.1. The van der Waals surface area contributed by atoms with Crippen LogP contribution >= 0.6 is 0 Å². The number of hydrogen-bond donors (Lipinski definition) is 1. The first-order valence-electron chi connectivity index (χ1n) is 14.5. The highest BCUT2D eigenvalue weighted by molar-refractivity contribution is 5.76. The Labute approximate surface area is 254 Å². The van der Waals surface area contributed by atoms with Crippen molar-refractivity contribution in [1.82, 2.24) is 35.0 Å². The topological polar surface area (TPSA) is 80.9 Å². The number of rotatable bonds is 11. The van der Waals surface area contributed by atoms with Crippen molar-refractivity contribution in [3.8, 4) is 33.8 Å². The highest BCUT2D eigenvalue weighted by atomic mass is 19.4. The molecule has 3 aromatic carbocycles. The van der Waals surface area contributed by atoms with Crippen molar-refractivity contribution in [2.45, 2.75) is 39.4 Å². The molecule has 0 spiro atoms. The average molecular weight is 602 g/mol. The third-order valence-electron chi connectivity index (χ3n) is 7.55. The Kier molecular flexibility index (Phi) is 9.24. The molecule has 1 N–H and O–H groups in total. The minimum absolute atomic E-state index is 0.0699. The zero-order valence-corrected chi connectivity index (χ0v) is 24.8. The fourth-order valence-corrected chi connectivity index (χ4v) is 4.93. The Hall–Kier alpha value is -4.77. The largest absolute Gasteiger partial charge is 0.416 e. The molecule has 0 aliphatic heterocycles. The molecule has 0 fully saturated rings. The molecule has 0 unspecified atom stereocenters. The number of halogens is 3. The molecular weight excluding hydrogens is 567 g/mol. The van der Waals surface area contributed by atoms with Crippen LogP contribution in [0, 0.1) is 0 Å². The van der Waals surface area contributed by atoms with Crippen molar-refractivity contribution in [2.75, 3.05) is 20.1 Å². The van der Waals surface area contributed by atoms with E-state index in [0.29, 0.717) is 18.4 Å². The van der Waals surface area contributed by atoms with Crippen molar-refractivity contribution < 1.29 is 18.0 Å². The highest BCUT2D eigenvalue weighted by Gasteiger charge is 2.30. The van der Waals surface area contributed by atoms with E-state index in [2.05, 4.69) is 34.4 Å². The summed E-state index contributed by atoms with van der Waals surface area (Å²) in [6.07, 6.45) is -1.67. The second-order valence-electron chi connectivity index (χ2n) is 10.4. The lowest BCUT2D eigenvalue weighted by atomic mass is 10.0. The van der Waals surface area contributed by atoms with Gasteiger partial charge in [0.2, 0.25) is 5.91 Å². The molecule has 1 amide bonds. The van der Waals surface area contributed by atoms with Gasteiger partial charge in [-0.1, -0.05) is 55.5 Å². The molecule has 0 atom stereocenters. The summed E-state index contributed by atoms with van der Waals surface area (Å²) in [6.45, 7) is 6.85. The lowest BCUT2D eigenvalue weighted by Gasteiger charge is -2.15. The maximum Gasteiger partial charge on any atom is 0.416 e. The third kappa shape index (κ3) is 7.05. The van der Waals surface area contributed by atoms with Crippen molar-refractivity contribution >= 4 is 5.91 Å². The Balaban J connectivity index is 1.42. The van der Waals surface area contributed by atoms with Gasteiger partial charge in [-0.3, -0.25) is 9.69 Å². The summed E-state index contributed by atoms with van der Waals surface area (Å²) >= 11 is 0. The zero-order valence-electron chi connectivity index (χ0n) is 24.8. The number of nitrogens with one attached hydrogen (secondary N) is 1. The molecule has 2 aromatic heterocycles. The summed E-state index contributed by atoms with van der Waals surface area (Å²) in [6, 6.07) is 22.5. The fourth-order valence-electron chi connectivity index (χ4n) is 4.93. The van der Waals surface area contributed by atoms with Crippen LogP contribution < -0.4 is 5.32 Å². The average Bonchev–Trinajstić information content (AvgIpc) is 3.70. The van der Waals surface area contributed by atoms with Crippen LogP contribution in [-0.4, -0.2) is 55.7 Å². The number of amides is 1. The van der Waals surface area contributed by atoms with Gasteiger partial charge in [0.05, 0.1) is 40.2 Å². The maximum atomic E-state index is 13.0. The standard InChI is InChI=1S/C33H34F3N7O/c1-4-41(5-2)21-28-22-42(40-38-28)29-15-17-30(18-16-29)43-31(20-27(39-43)14-19-32(44)37-3)25-8-6-23(7-9-25)24-10-12-26(13-11-24)33(34,35)36/h6-13,15-18,20,22H,4-5,14,19,21H2,1-3H3,(H,37,44). The second kappa shape index (κ2) is 13.3. The molecular formula is C33H34F3N7O. The number of hydrogen-bond acceptors (Lipinski definition) is 5. The number of aromatic nitrogens is 5. The molecule has 44 heavy (non-hydrogen) atoms. The molecule has 5 aromatic rings. The van der Waals surface area contributed by atoms with Gasteiger partial charge in [-0.15, -0.1) is 5.10 Å². The Morgan fingerprint density at radius 2 is 1.43 bits per heavy atom. The van der Waals surface area contributed by atoms with Crippen molar-refractivity contribution in [2.24, 2.45) is 0 Å². The number of aryl methyl sites for hydroxylation is 1. The van der Waals surface area contributed by atoms with Crippen molar-refractivity contribution in [1.29, 1.82) is 0 Å². The number of benzene rings is 3. The van der Waals surface area contributed by atoms with Gasteiger partial charge in [-0.2, -0.15) is 18.3 Å². The first kappa shape index (κ1) is 30.7. The summed E-state index contributed by atoms with van der Waals surface area (Å²) in [4.78, 5) is 14.2. The van der Waals surface area contributed by atoms with Gasteiger partial charge in [0.15, 0.2) is 0 Å². The molecule has 5 rings (SSSR count). The van der Waals surface area contributed by atoms with Crippen LogP contribution in [0.25, 0.3) is 33.8 Å². The molecule has 0 aliphatic rings. The van der Waals surface area contributed by atoms with Crippen LogP contribution in [0.1, 0.15) is 37.2 Å². The minimum Gasteiger partial charge on any atom is -0.359 e. The van der Waals surface area contributed by atoms with Crippen LogP contribution in [0.3, 0.4) is 0 Å². The zero-order chi connectivity index (χ0) is 31.3. The molecule has 0 saturated carbocycles. The number of carbonyl (C=O) groups is 1. The molecule has 0 aliphatic carbocycles. The van der Waals surface area contributed by atoms with Gasteiger partial charge in [0.25, 0.3) is 0 Å². The molecule has 0 bridgehead atoms. The van der Waals surface area contributed by atoms with Crippen molar-refractivity contribution in [3.05, 3.63) is 102 Å². The molecule has 8 nitrogen and oxygen atoms in total. The van der Waals surface area contributed by atoms with Crippen molar-refractivity contribution in [3.63, 3.8) is 0 Å². The summed E-state index contributed by atoms with van der Waals surface area (Å²) in [5.74, 6) is -0.0699. The van der Waals surface area contributed by atoms with E-state index in [-0.39, 0.29) is 5.91 Å². The smallest absolute Gasteiger partial charge is 0.359 e. The van der Waals surface area contributed by atoms with Crippen LogP contribution in [0.5, 0.6) is 0 Å². The van der Waals surface area contributed by atoms with Gasteiger partial charge in [0, 0.05) is 32.0 Å². The van der Waals surface area contributed by atoms with Crippen LogP contribution in [-0.2, 0) is 23.9 Å². The predicted octanol–water partition coefficient (Wildman–Crippen LogP) is 6.33. The Bertz CT molecular complexity index is 1690. The highest BCUT2D eigenvalue weighted by Crippen LogP contribution is 2.32. The lowest BCUT2D eigenvalue weighted by molar-refractivity contribution is -0.137. The Morgan fingerprint density at radius 3 is 2.02 bits per heavy atom. The first-order chi connectivity index (χ1) is 21.2. The van der Waals surface area contributed by atoms with Gasteiger partial charge < -0.3 is 5.32 Å². The Morgan fingerprint density at radius 1 is 0.841 bits per heavy atom. The van der Waals surface area contributed by atoms with Crippen LogP contribution in [0.15, 0.2) is 85.1 Å². The summed E-state index contributed by atoms with van der Waals surface area (Å²) in [7, 11) is 1.60. The van der Waals surface area contributed by atoms with E-state index < -0.39 is 11.7 Å². The molecule has 0 saturated heterocycles. The van der Waals surface area contributed by atoms with Gasteiger partial charge in [-0.05, 0) is 66.7 Å². The third-order valence-corrected chi connectivity index (χ3v) is 7.55. The monoisotopic (exact) mass is 601 g/mol. The number of alkyl halides is 3. The van der Waals surface area contributed by atoms with Gasteiger partial charge in [-0.25, -0.2) is 9.36 Å². The van der Waals surface area contributed by atoms with E-state index in [0.717, 1.165) is 71.4 Å². The molecule has 228 valence electrons. The van der Waals surface area contributed by atoms with E-state index in [4.69, 9.17) is 5.10 Å². The summed E-state index contributed by atoms with van der Waals surface area (Å²) < 4.78 is 42.6. The first-order valence-corrected chi connectivity index (χ1v) is 14.5. The fraction of sp³-hybridized carbons (Fsp3) is 0.273. The van der Waals surface area contributed by atoms with Crippen LogP contribution in [0.2, 0.25) is 0 Å². The lowest BCUT2D eigenvalue weighted by Crippen LogP contribution is -2.22. The molecule has 0 radical (unpaired) electrons. The second-order valence-corrected chi connectivity index (χ2v) is 10.4. The van der Waals surface area contributed by atoms with Gasteiger partial charge in [0.1, 0.15) is 0 Å². The predicted molar refractivity (Wildman–Crippen MR) is 163 cm³/mol. The number of nitrogens with zero attached hydrogens (tertiary/aromatic N) is 6.